The predicted octanol–water partition coefficient (Wildman–Crippen LogP) is 12.5. The summed E-state index contributed by atoms with van der Waals surface area (Å²) < 4.78 is 35.8. The molecule has 0 saturated heterocycles. The van der Waals surface area contributed by atoms with Gasteiger partial charge in [-0.3, -0.25) is 19.6 Å². The van der Waals surface area contributed by atoms with Crippen LogP contribution in [0.3, 0.4) is 0 Å². The lowest BCUT2D eigenvalue weighted by Crippen LogP contribution is -2.32. The summed E-state index contributed by atoms with van der Waals surface area (Å²) in [5.41, 5.74) is 10.6. The van der Waals surface area contributed by atoms with Crippen LogP contribution in [0.2, 0.25) is 10.0 Å². The monoisotopic (exact) mass is 1070 g/mol. The highest BCUT2D eigenvalue weighted by Crippen LogP contribution is 2.38. The van der Waals surface area contributed by atoms with E-state index in [1.165, 1.54) is 26.6 Å². The van der Waals surface area contributed by atoms with Crippen molar-refractivity contribution < 1.29 is 38.0 Å². The average Bonchev–Trinajstić information content (AvgIpc) is 3.40. The number of pyridine rings is 2. The van der Waals surface area contributed by atoms with Crippen molar-refractivity contribution >= 4 is 47.6 Å². The lowest BCUT2D eigenvalue weighted by molar-refractivity contribution is -0.142. The number of benzene rings is 4. The summed E-state index contributed by atoms with van der Waals surface area (Å²) >= 11 is 14.0. The maximum atomic E-state index is 12.3. The average molecular weight is 1070 g/mol. The van der Waals surface area contributed by atoms with Crippen LogP contribution in [0, 0.1) is 36.5 Å². The van der Waals surface area contributed by atoms with E-state index in [0.717, 1.165) is 68.5 Å². The minimum atomic E-state index is -0.288. The van der Waals surface area contributed by atoms with Crippen molar-refractivity contribution in [3.63, 3.8) is 0 Å². The van der Waals surface area contributed by atoms with Crippen LogP contribution in [0.25, 0.3) is 11.1 Å². The van der Waals surface area contributed by atoms with Gasteiger partial charge in [0.1, 0.15) is 49.4 Å². The van der Waals surface area contributed by atoms with Gasteiger partial charge in [0.2, 0.25) is 0 Å². The third-order valence-electron chi connectivity index (χ3n) is 12.9. The molecule has 16 heteroatoms. The van der Waals surface area contributed by atoms with E-state index >= 15 is 0 Å². The molecule has 0 saturated carbocycles. The van der Waals surface area contributed by atoms with Crippen molar-refractivity contribution in [1.29, 1.82) is 10.8 Å². The first-order chi connectivity index (χ1) is 36.6. The van der Waals surface area contributed by atoms with Crippen LogP contribution in [0.1, 0.15) is 109 Å². The summed E-state index contributed by atoms with van der Waals surface area (Å²) in [5, 5.41) is 23.2. The molecule has 2 heterocycles. The molecule has 0 aliphatic carbocycles. The maximum Gasteiger partial charge on any atom is 0.307 e. The Morgan fingerprint density at radius 1 is 0.553 bits per heavy atom. The molecule has 0 aliphatic heterocycles. The smallest absolute Gasteiger partial charge is 0.307 e. The maximum absolute atomic E-state index is 12.3. The molecule has 14 nitrogen and oxygen atoms in total. The number of aromatic nitrogens is 2. The van der Waals surface area contributed by atoms with Crippen molar-refractivity contribution in [2.75, 3.05) is 14.2 Å². The topological polar surface area (TPSA) is 187 Å². The highest BCUT2D eigenvalue weighted by Gasteiger charge is 2.21. The molecule has 0 spiro atoms. The number of ether oxygens (including phenoxy) is 6. The summed E-state index contributed by atoms with van der Waals surface area (Å²) in [7, 11) is 2.79. The highest BCUT2D eigenvalue weighted by molar-refractivity contribution is 6.32. The van der Waals surface area contributed by atoms with E-state index in [1.54, 1.807) is 36.9 Å². The van der Waals surface area contributed by atoms with E-state index in [-0.39, 0.29) is 63.3 Å². The molecule has 0 aliphatic rings. The number of hydrogen-bond acceptors (Lipinski definition) is 14. The molecular formula is C60H70Cl2N6O8. The van der Waals surface area contributed by atoms with Crippen LogP contribution >= 0.6 is 23.2 Å². The molecule has 6 aromatic rings. The molecule has 2 aromatic heterocycles. The first kappa shape index (κ1) is 58.4. The van der Waals surface area contributed by atoms with Crippen molar-refractivity contribution in [2.45, 2.75) is 119 Å². The second kappa shape index (κ2) is 28.9. The van der Waals surface area contributed by atoms with Crippen LogP contribution in [-0.2, 0) is 58.6 Å². The van der Waals surface area contributed by atoms with Gasteiger partial charge in [-0.05, 0) is 96.2 Å². The quantitative estimate of drug-likeness (QED) is 0.0258. The van der Waals surface area contributed by atoms with Crippen LogP contribution in [-0.4, -0.2) is 60.6 Å². The molecule has 4 aromatic carbocycles. The molecule has 76 heavy (non-hydrogen) atoms. The predicted molar refractivity (Wildman–Crippen MR) is 299 cm³/mol. The Morgan fingerprint density at radius 2 is 0.947 bits per heavy atom. The number of halogens is 2. The van der Waals surface area contributed by atoms with Gasteiger partial charge in [0, 0.05) is 108 Å². The molecule has 0 radical (unpaired) electrons. The number of rotatable bonds is 29. The zero-order valence-electron chi connectivity index (χ0n) is 44.7. The van der Waals surface area contributed by atoms with E-state index in [9.17, 15) is 9.59 Å². The van der Waals surface area contributed by atoms with Gasteiger partial charge in [0.25, 0.3) is 0 Å². The minimum Gasteiger partial charge on any atom is -0.488 e. The van der Waals surface area contributed by atoms with Gasteiger partial charge in [-0.15, -0.1) is 0 Å². The van der Waals surface area contributed by atoms with Crippen LogP contribution < -0.4 is 29.6 Å². The molecule has 0 fully saturated rings. The first-order valence-corrected chi connectivity index (χ1v) is 26.2. The van der Waals surface area contributed by atoms with Gasteiger partial charge in [0.05, 0.1) is 37.1 Å². The van der Waals surface area contributed by atoms with Crippen LogP contribution in [0.5, 0.6) is 23.0 Å². The lowest BCUT2D eigenvalue weighted by Gasteiger charge is -2.22. The fourth-order valence-electron chi connectivity index (χ4n) is 8.84. The number of nitrogens with zero attached hydrogens (tertiary/aromatic N) is 2. The second-order valence-corrected chi connectivity index (χ2v) is 20.4. The van der Waals surface area contributed by atoms with E-state index in [1.807, 2.05) is 48.5 Å². The van der Waals surface area contributed by atoms with Crippen molar-refractivity contribution in [1.82, 2.24) is 20.6 Å². The number of hydrogen-bond donors (Lipinski definition) is 4. The van der Waals surface area contributed by atoms with E-state index < -0.39 is 0 Å². The molecule has 2 unspecified atom stereocenters. The highest BCUT2D eigenvalue weighted by atomic mass is 35.5. The van der Waals surface area contributed by atoms with Crippen LogP contribution in [0.15, 0.2) is 97.6 Å². The first-order valence-electron chi connectivity index (χ1n) is 25.4. The molecule has 6 rings (SSSR count). The van der Waals surface area contributed by atoms with E-state index in [4.69, 9.17) is 62.4 Å². The third kappa shape index (κ3) is 17.1. The normalized spacial score (nSPS) is 12.0. The van der Waals surface area contributed by atoms with Gasteiger partial charge < -0.3 is 49.9 Å². The van der Waals surface area contributed by atoms with Gasteiger partial charge in [-0.25, -0.2) is 0 Å². The van der Waals surface area contributed by atoms with E-state index in [0.29, 0.717) is 69.1 Å². The zero-order valence-corrected chi connectivity index (χ0v) is 46.2. The Kier molecular flexibility index (Phi) is 22.2. The third-order valence-corrected chi connectivity index (χ3v) is 13.5. The summed E-state index contributed by atoms with van der Waals surface area (Å²) in [5.74, 6) is 2.11. The standard InChI is InChI=1S/C60H70Cl2N6O8/c1-37(2)15-49(21-59(69)71-7)67-31-47-19-53(61)57(23-55(47)73-33-43-17-41(25-63)27-65-29-43)75-35-45-11-9-13-51(39(45)5)52-14-10-12-46(40(52)6)36-76-58-24-56(74-34-44-18-42(26-64)28-66-30-44)48(20-54(58)62)32-68-50(16-38(3)4)22-60(70)72-8/h9-14,17-20,23-30,37-38,49-50,63-64,67-68H,15-16,21-22,31-36H2,1-8H3. The number of nitrogens with one attached hydrogen (secondary N) is 4. The fourth-order valence-corrected chi connectivity index (χ4v) is 9.32. The van der Waals surface area contributed by atoms with Gasteiger partial charge in [-0.2, -0.15) is 0 Å². The largest absolute Gasteiger partial charge is 0.488 e. The Hall–Kier alpha value is -6.84. The van der Waals surface area contributed by atoms with Crippen molar-refractivity contribution in [2.24, 2.45) is 11.8 Å². The second-order valence-electron chi connectivity index (χ2n) is 19.6. The Bertz CT molecular complexity index is 2750. The summed E-state index contributed by atoms with van der Waals surface area (Å²) in [6.07, 6.45) is 11.1. The summed E-state index contributed by atoms with van der Waals surface area (Å²) in [4.78, 5) is 33.1. The van der Waals surface area contributed by atoms with Gasteiger partial charge >= 0.3 is 11.9 Å². The molecule has 0 amide bonds. The number of carbonyl (C=O) groups excluding carboxylic acids is 2. The van der Waals surface area contributed by atoms with Crippen LogP contribution in [0.4, 0.5) is 0 Å². The lowest BCUT2D eigenvalue weighted by atomic mass is 9.92. The number of carbonyl (C=O) groups is 2. The van der Waals surface area contributed by atoms with Gasteiger partial charge in [-0.1, -0.05) is 87.3 Å². The number of methoxy groups -OCH3 is 2. The Labute approximate surface area is 457 Å². The Morgan fingerprint density at radius 3 is 1.32 bits per heavy atom. The summed E-state index contributed by atoms with van der Waals surface area (Å²) in [6.45, 7) is 14.2. The SMILES string of the molecule is COC(=O)CC(CC(C)C)NCc1cc(Cl)c(OCc2cccc(-c3cccc(COc4cc(OCc5cncc(C=N)c5)c(CNC(CC(=O)OC)CC(C)C)cc4Cl)c3C)c2C)cc1OCc1cncc(C=N)c1. The molecule has 402 valence electrons. The van der Waals surface area contributed by atoms with Gasteiger partial charge in [0.15, 0.2) is 0 Å². The number of esters is 2. The molecular weight excluding hydrogens is 1000 g/mol. The minimum absolute atomic E-state index is 0.128. The van der Waals surface area contributed by atoms with Crippen molar-refractivity contribution in [3.05, 3.63) is 163 Å². The molecule has 4 N–H and O–H groups in total. The summed E-state index contributed by atoms with van der Waals surface area (Å²) in [6, 6.07) is 23.0. The van der Waals surface area contributed by atoms with E-state index in [2.05, 4.69) is 74.3 Å². The molecule has 2 atom stereocenters. The fraction of sp³-hybridized carbons (Fsp3) is 0.367. The Balaban J connectivity index is 1.21. The van der Waals surface area contributed by atoms with Crippen molar-refractivity contribution in [3.8, 4) is 34.1 Å². The molecule has 0 bridgehead atoms. The zero-order chi connectivity index (χ0) is 54.7.